The van der Waals surface area contributed by atoms with Crippen molar-refractivity contribution in [2.24, 2.45) is 0 Å². The maximum absolute atomic E-state index is 12.0. The molecule has 6 nitrogen and oxygen atoms in total. The van der Waals surface area contributed by atoms with E-state index in [0.717, 1.165) is 12.7 Å². The van der Waals surface area contributed by atoms with Crippen LogP contribution in [0.3, 0.4) is 0 Å². The number of hydrogen-bond donors (Lipinski definition) is 1. The molecule has 0 heterocycles. The molecule has 136 valence electrons. The van der Waals surface area contributed by atoms with Crippen LogP contribution in [0.15, 0.2) is 18.2 Å². The lowest BCUT2D eigenvalue weighted by Crippen LogP contribution is -2.34. The van der Waals surface area contributed by atoms with Crippen LogP contribution in [0.5, 0.6) is 5.75 Å². The summed E-state index contributed by atoms with van der Waals surface area (Å²) in [5.74, 6) is 0.396. The van der Waals surface area contributed by atoms with Crippen molar-refractivity contribution in [3.8, 4) is 5.75 Å². The van der Waals surface area contributed by atoms with Gasteiger partial charge in [0.25, 0.3) is 0 Å². The molecule has 0 aromatic heterocycles. The van der Waals surface area contributed by atoms with E-state index in [1.807, 2.05) is 13.8 Å². The first-order valence-electron chi connectivity index (χ1n) is 7.79. The normalized spacial score (nSPS) is 12.5. The van der Waals surface area contributed by atoms with Gasteiger partial charge in [-0.15, -0.1) is 0 Å². The maximum atomic E-state index is 12.0. The van der Waals surface area contributed by atoms with E-state index in [2.05, 4.69) is 5.32 Å². The number of carbonyl (C=O) groups excluding carboxylic acids is 1. The number of rotatable bonds is 9. The second-order valence-corrected chi connectivity index (χ2v) is 7.95. The maximum Gasteiger partial charge on any atom is 0.232 e. The van der Waals surface area contributed by atoms with E-state index in [1.54, 1.807) is 18.2 Å². The first kappa shape index (κ1) is 20.6. The molecule has 1 aromatic rings. The zero-order valence-electron chi connectivity index (χ0n) is 14.5. The van der Waals surface area contributed by atoms with E-state index < -0.39 is 10.0 Å². The standard InChI is InChI=1S/C16H25ClN2O4S/c1-5-12(2)18-16(20)7-6-10-19(24(4,21)22)13-8-9-15(23-3)14(17)11-13/h8-9,11-12H,5-7,10H2,1-4H3,(H,18,20)/t12-/m1/s1. The lowest BCUT2D eigenvalue weighted by atomic mass is 10.2. The molecule has 1 amide bonds. The van der Waals surface area contributed by atoms with E-state index in [9.17, 15) is 13.2 Å². The van der Waals surface area contributed by atoms with Crippen LogP contribution in [-0.4, -0.2) is 40.3 Å². The molecule has 0 radical (unpaired) electrons. The lowest BCUT2D eigenvalue weighted by Gasteiger charge is -2.23. The monoisotopic (exact) mass is 376 g/mol. The van der Waals surface area contributed by atoms with Crippen LogP contribution in [0.1, 0.15) is 33.1 Å². The molecule has 8 heteroatoms. The molecular formula is C16H25ClN2O4S. The van der Waals surface area contributed by atoms with Crippen LogP contribution in [0.25, 0.3) is 0 Å². The summed E-state index contributed by atoms with van der Waals surface area (Å²) in [6.07, 6.45) is 2.66. The minimum absolute atomic E-state index is 0.0782. The minimum Gasteiger partial charge on any atom is -0.495 e. The Morgan fingerprint density at radius 3 is 2.58 bits per heavy atom. The minimum atomic E-state index is -3.48. The Balaban J connectivity index is 2.78. The van der Waals surface area contributed by atoms with E-state index in [4.69, 9.17) is 16.3 Å². The van der Waals surface area contributed by atoms with Gasteiger partial charge in [0.1, 0.15) is 5.75 Å². The molecule has 1 atom stereocenters. The van der Waals surface area contributed by atoms with Gasteiger partial charge in [-0.2, -0.15) is 0 Å². The predicted octanol–water partition coefficient (Wildman–Crippen LogP) is 2.81. The van der Waals surface area contributed by atoms with Gasteiger partial charge in [0.15, 0.2) is 0 Å². The van der Waals surface area contributed by atoms with Gasteiger partial charge in [-0.3, -0.25) is 9.10 Å². The summed E-state index contributed by atoms with van der Waals surface area (Å²) in [6, 6.07) is 4.90. The van der Waals surface area contributed by atoms with Crippen LogP contribution < -0.4 is 14.4 Å². The van der Waals surface area contributed by atoms with E-state index in [-0.39, 0.29) is 24.9 Å². The fourth-order valence-electron chi connectivity index (χ4n) is 2.13. The van der Waals surface area contributed by atoms with Crippen LogP contribution in [0.2, 0.25) is 5.02 Å². The first-order valence-corrected chi connectivity index (χ1v) is 10.0. The number of methoxy groups -OCH3 is 1. The third kappa shape index (κ3) is 6.20. The zero-order chi connectivity index (χ0) is 18.3. The smallest absolute Gasteiger partial charge is 0.232 e. The summed E-state index contributed by atoms with van der Waals surface area (Å²) in [5, 5.41) is 3.19. The van der Waals surface area contributed by atoms with Crippen molar-refractivity contribution >= 4 is 33.2 Å². The molecule has 0 aliphatic heterocycles. The molecule has 24 heavy (non-hydrogen) atoms. The fraction of sp³-hybridized carbons (Fsp3) is 0.562. The van der Waals surface area contributed by atoms with Gasteiger partial charge in [-0.1, -0.05) is 18.5 Å². The average molecular weight is 377 g/mol. The summed E-state index contributed by atoms with van der Waals surface area (Å²) in [6.45, 7) is 4.12. The quantitative estimate of drug-likeness (QED) is 0.719. The van der Waals surface area contributed by atoms with Crippen molar-refractivity contribution in [2.75, 3.05) is 24.2 Å². The third-order valence-corrected chi connectivity index (χ3v) is 5.10. The molecule has 1 N–H and O–H groups in total. The summed E-state index contributed by atoms with van der Waals surface area (Å²) < 4.78 is 30.4. The van der Waals surface area contributed by atoms with Gasteiger partial charge in [0.2, 0.25) is 15.9 Å². The van der Waals surface area contributed by atoms with Crippen LogP contribution in [-0.2, 0) is 14.8 Å². The summed E-state index contributed by atoms with van der Waals surface area (Å²) in [7, 11) is -1.99. The Labute approximate surface area is 149 Å². The molecule has 1 aromatic carbocycles. The average Bonchev–Trinajstić information content (AvgIpc) is 2.50. The summed E-state index contributed by atoms with van der Waals surface area (Å²) in [4.78, 5) is 11.8. The topological polar surface area (TPSA) is 75.7 Å². The van der Waals surface area contributed by atoms with Gasteiger partial charge < -0.3 is 10.1 Å². The highest BCUT2D eigenvalue weighted by Gasteiger charge is 2.19. The van der Waals surface area contributed by atoms with Gasteiger partial charge in [-0.25, -0.2) is 8.42 Å². The number of carbonyl (C=O) groups is 1. The Morgan fingerprint density at radius 1 is 1.42 bits per heavy atom. The number of anilines is 1. The number of hydrogen-bond acceptors (Lipinski definition) is 4. The number of benzene rings is 1. The number of halogens is 1. The molecule has 0 unspecified atom stereocenters. The van der Waals surface area contributed by atoms with Crippen molar-refractivity contribution in [1.82, 2.24) is 5.32 Å². The number of amides is 1. The molecule has 0 fully saturated rings. The third-order valence-electron chi connectivity index (χ3n) is 3.61. The van der Waals surface area contributed by atoms with Gasteiger partial charge in [0, 0.05) is 19.0 Å². The van der Waals surface area contributed by atoms with Crippen LogP contribution >= 0.6 is 11.6 Å². The number of nitrogens with zero attached hydrogens (tertiary/aromatic N) is 1. The van der Waals surface area contributed by atoms with Crippen molar-refractivity contribution in [2.45, 2.75) is 39.2 Å². The van der Waals surface area contributed by atoms with Crippen molar-refractivity contribution in [3.05, 3.63) is 23.2 Å². The second kappa shape index (κ2) is 9.13. The molecule has 0 saturated heterocycles. The van der Waals surface area contributed by atoms with E-state index in [1.165, 1.54) is 11.4 Å². The molecule has 0 saturated carbocycles. The van der Waals surface area contributed by atoms with E-state index >= 15 is 0 Å². The molecule has 0 aliphatic rings. The van der Waals surface area contributed by atoms with E-state index in [0.29, 0.717) is 22.9 Å². The molecule has 1 rings (SSSR count). The Kier molecular flexibility index (Phi) is 7.83. The Bertz CT molecular complexity index is 664. The molecule has 0 spiro atoms. The van der Waals surface area contributed by atoms with Crippen LogP contribution in [0.4, 0.5) is 5.69 Å². The van der Waals surface area contributed by atoms with Gasteiger partial charge >= 0.3 is 0 Å². The Hall–Kier alpha value is -1.47. The first-order chi connectivity index (χ1) is 11.2. The fourth-order valence-corrected chi connectivity index (χ4v) is 3.34. The largest absolute Gasteiger partial charge is 0.495 e. The lowest BCUT2D eigenvalue weighted by molar-refractivity contribution is -0.121. The SMILES string of the molecule is CC[C@@H](C)NC(=O)CCCN(c1ccc(OC)c(Cl)c1)S(C)(=O)=O. The zero-order valence-corrected chi connectivity index (χ0v) is 16.1. The van der Waals surface area contributed by atoms with Crippen molar-refractivity contribution in [1.29, 1.82) is 0 Å². The number of nitrogens with one attached hydrogen (secondary N) is 1. The number of sulfonamides is 1. The highest BCUT2D eigenvalue weighted by atomic mass is 35.5. The molecule has 0 bridgehead atoms. The van der Waals surface area contributed by atoms with Crippen molar-refractivity contribution in [3.63, 3.8) is 0 Å². The highest BCUT2D eigenvalue weighted by molar-refractivity contribution is 7.92. The summed E-state index contributed by atoms with van der Waals surface area (Å²) in [5.41, 5.74) is 0.450. The molecular weight excluding hydrogens is 352 g/mol. The van der Waals surface area contributed by atoms with Crippen LogP contribution in [0, 0.1) is 0 Å². The number of ether oxygens (including phenoxy) is 1. The summed E-state index contributed by atoms with van der Waals surface area (Å²) >= 11 is 6.07. The van der Waals surface area contributed by atoms with Crippen molar-refractivity contribution < 1.29 is 17.9 Å². The molecule has 0 aliphatic carbocycles. The van der Waals surface area contributed by atoms with Gasteiger partial charge in [-0.05, 0) is 38.0 Å². The second-order valence-electron chi connectivity index (χ2n) is 5.63. The highest BCUT2D eigenvalue weighted by Crippen LogP contribution is 2.30. The van der Waals surface area contributed by atoms with Gasteiger partial charge in [0.05, 0.1) is 24.1 Å². The predicted molar refractivity (Wildman–Crippen MR) is 97.3 cm³/mol. The Morgan fingerprint density at radius 2 is 2.08 bits per heavy atom.